The Hall–Kier alpha value is -0.440. The van der Waals surface area contributed by atoms with Gasteiger partial charge < -0.3 is 10.2 Å². The molecule has 0 radical (unpaired) electrons. The number of carbonyl (C=O) groups is 2. The minimum atomic E-state index is -1.04. The van der Waals surface area contributed by atoms with Crippen LogP contribution in [0.2, 0.25) is 0 Å². The number of nitrogens with zero attached hydrogens (tertiary/aromatic N) is 1. The highest BCUT2D eigenvalue weighted by Crippen LogP contribution is 2.32. The van der Waals surface area contributed by atoms with Crippen LogP contribution in [0.4, 0.5) is 0 Å². The monoisotopic (exact) mass is 385 g/mol. The molecule has 1 heterocycles. The van der Waals surface area contributed by atoms with Crippen molar-refractivity contribution >= 4 is 55.1 Å². The molecular weight excluding hydrogens is 378 g/mol. The van der Waals surface area contributed by atoms with Crippen molar-refractivity contribution in [2.75, 3.05) is 13.1 Å². The topological polar surface area (TPSA) is 77.8 Å². The molecule has 2 N–H and O–H groups in total. The molecule has 0 aliphatic rings. The van der Waals surface area contributed by atoms with Crippen molar-refractivity contribution in [3.8, 4) is 0 Å². The zero-order valence-corrected chi connectivity index (χ0v) is 12.5. The average molecular weight is 387 g/mol. The lowest BCUT2D eigenvalue weighted by Crippen LogP contribution is -2.33. The normalized spacial score (nSPS) is 10.8. The van der Waals surface area contributed by atoms with Crippen molar-refractivity contribution in [2.24, 2.45) is 0 Å². The summed E-state index contributed by atoms with van der Waals surface area (Å²) in [6.07, 6.45) is 0. The van der Waals surface area contributed by atoms with Crippen LogP contribution in [0.1, 0.15) is 4.88 Å². The van der Waals surface area contributed by atoms with Gasteiger partial charge >= 0.3 is 11.9 Å². The van der Waals surface area contributed by atoms with Gasteiger partial charge in [0.15, 0.2) is 0 Å². The molecule has 0 aliphatic carbocycles. The SMILES string of the molecule is O=C(O)CN(CC(=O)O)Cc1cc(Br)c(Br)s1. The van der Waals surface area contributed by atoms with Crippen LogP contribution >= 0.6 is 43.2 Å². The van der Waals surface area contributed by atoms with Crippen LogP contribution < -0.4 is 0 Å². The Kier molecular flexibility index (Phi) is 5.57. The third-order valence-corrected chi connectivity index (χ3v) is 5.03. The number of hydrogen-bond acceptors (Lipinski definition) is 4. The summed E-state index contributed by atoms with van der Waals surface area (Å²) in [5, 5.41) is 17.4. The Morgan fingerprint density at radius 3 is 2.12 bits per heavy atom. The maximum atomic E-state index is 10.6. The van der Waals surface area contributed by atoms with Gasteiger partial charge in [0.25, 0.3) is 0 Å². The van der Waals surface area contributed by atoms with Gasteiger partial charge in [0.1, 0.15) is 0 Å². The molecule has 0 unspecified atom stereocenters. The number of halogens is 2. The predicted molar refractivity (Wildman–Crippen MR) is 70.3 cm³/mol. The minimum absolute atomic E-state index is 0.292. The van der Waals surface area contributed by atoms with Gasteiger partial charge in [0.05, 0.1) is 16.9 Å². The van der Waals surface area contributed by atoms with Crippen LogP contribution in [-0.4, -0.2) is 40.1 Å². The van der Waals surface area contributed by atoms with Gasteiger partial charge in [-0.1, -0.05) is 0 Å². The van der Waals surface area contributed by atoms with E-state index in [-0.39, 0.29) is 13.1 Å². The van der Waals surface area contributed by atoms with E-state index in [2.05, 4.69) is 31.9 Å². The molecule has 0 spiro atoms. The van der Waals surface area contributed by atoms with Crippen LogP contribution in [0, 0.1) is 0 Å². The van der Waals surface area contributed by atoms with Gasteiger partial charge in [-0.3, -0.25) is 14.5 Å². The van der Waals surface area contributed by atoms with E-state index in [9.17, 15) is 9.59 Å². The first-order valence-corrected chi connectivity index (χ1v) is 6.88. The molecule has 0 bridgehead atoms. The van der Waals surface area contributed by atoms with Crippen molar-refractivity contribution in [1.82, 2.24) is 4.90 Å². The van der Waals surface area contributed by atoms with E-state index in [0.717, 1.165) is 13.1 Å². The molecule has 1 rings (SSSR count). The molecule has 5 nitrogen and oxygen atoms in total. The second-order valence-corrected chi connectivity index (χ2v) is 6.58. The first kappa shape index (κ1) is 14.6. The fourth-order valence-corrected chi connectivity index (χ4v) is 3.46. The van der Waals surface area contributed by atoms with Crippen LogP contribution in [0.25, 0.3) is 0 Å². The zero-order valence-electron chi connectivity index (χ0n) is 8.52. The molecule has 8 heteroatoms. The summed E-state index contributed by atoms with van der Waals surface area (Å²) in [7, 11) is 0. The van der Waals surface area contributed by atoms with Gasteiger partial charge in [-0.05, 0) is 37.9 Å². The zero-order chi connectivity index (χ0) is 13.0. The molecule has 1 aromatic rings. The molecule has 0 fully saturated rings. The van der Waals surface area contributed by atoms with Gasteiger partial charge in [-0.15, -0.1) is 11.3 Å². The number of carboxylic acid groups (broad SMARTS) is 2. The smallest absolute Gasteiger partial charge is 0.317 e. The summed E-state index contributed by atoms with van der Waals surface area (Å²) >= 11 is 8.09. The Balaban J connectivity index is 2.70. The fourth-order valence-electron chi connectivity index (χ4n) is 1.24. The summed E-state index contributed by atoms with van der Waals surface area (Å²) < 4.78 is 1.78. The second kappa shape index (κ2) is 6.48. The van der Waals surface area contributed by atoms with E-state index in [1.165, 1.54) is 16.2 Å². The minimum Gasteiger partial charge on any atom is -0.480 e. The van der Waals surface area contributed by atoms with Gasteiger partial charge in [0, 0.05) is 15.9 Å². The summed E-state index contributed by atoms with van der Waals surface area (Å²) in [4.78, 5) is 23.5. The number of carboxylic acids is 2. The molecule has 0 aromatic carbocycles. The maximum Gasteiger partial charge on any atom is 0.317 e. The van der Waals surface area contributed by atoms with Crippen LogP contribution in [-0.2, 0) is 16.1 Å². The first-order chi connectivity index (χ1) is 7.88. The second-order valence-electron chi connectivity index (χ2n) is 3.27. The molecule has 1 aromatic heterocycles. The Bertz CT molecular complexity index is 399. The van der Waals surface area contributed by atoms with E-state index in [1.54, 1.807) is 0 Å². The van der Waals surface area contributed by atoms with Gasteiger partial charge in [-0.25, -0.2) is 0 Å². The molecule has 17 heavy (non-hydrogen) atoms. The highest BCUT2D eigenvalue weighted by atomic mass is 79.9. The molecule has 0 atom stereocenters. The lowest BCUT2D eigenvalue weighted by molar-refractivity contribution is -0.141. The molecule has 0 amide bonds. The quantitative estimate of drug-likeness (QED) is 0.783. The van der Waals surface area contributed by atoms with E-state index < -0.39 is 11.9 Å². The van der Waals surface area contributed by atoms with E-state index in [1.807, 2.05) is 6.07 Å². The highest BCUT2D eigenvalue weighted by Gasteiger charge is 2.15. The number of hydrogen-bond donors (Lipinski definition) is 2. The summed E-state index contributed by atoms with van der Waals surface area (Å²) in [5.74, 6) is -2.08. The van der Waals surface area contributed by atoms with E-state index in [4.69, 9.17) is 10.2 Å². The molecule has 0 saturated carbocycles. The number of rotatable bonds is 6. The summed E-state index contributed by atoms with van der Waals surface area (Å²) in [6.45, 7) is -0.285. The van der Waals surface area contributed by atoms with Crippen molar-refractivity contribution in [3.63, 3.8) is 0 Å². The lowest BCUT2D eigenvalue weighted by atomic mass is 10.4. The highest BCUT2D eigenvalue weighted by molar-refractivity contribution is 9.13. The third-order valence-electron chi connectivity index (χ3n) is 1.79. The van der Waals surface area contributed by atoms with Crippen LogP contribution in [0.15, 0.2) is 14.3 Å². The fraction of sp³-hybridized carbons (Fsp3) is 0.333. The standard InChI is InChI=1S/C9H9Br2NO4S/c10-6-1-5(17-9(6)11)2-12(3-7(13)14)4-8(15)16/h1H,2-4H2,(H,13,14)(H,15,16). The van der Waals surface area contributed by atoms with Crippen molar-refractivity contribution < 1.29 is 19.8 Å². The van der Waals surface area contributed by atoms with Crippen molar-refractivity contribution in [3.05, 3.63) is 19.2 Å². The van der Waals surface area contributed by atoms with Crippen LogP contribution in [0.3, 0.4) is 0 Å². The van der Waals surface area contributed by atoms with Crippen LogP contribution in [0.5, 0.6) is 0 Å². The first-order valence-electron chi connectivity index (χ1n) is 4.48. The van der Waals surface area contributed by atoms with Crippen molar-refractivity contribution in [2.45, 2.75) is 6.54 Å². The molecule has 94 valence electrons. The average Bonchev–Trinajstić information content (AvgIpc) is 2.42. The molecular formula is C9H9Br2NO4S. The van der Waals surface area contributed by atoms with Gasteiger partial charge in [0.2, 0.25) is 0 Å². The summed E-state index contributed by atoms with van der Waals surface area (Å²) in [5.41, 5.74) is 0. The number of thiophene rings is 1. The van der Waals surface area contributed by atoms with Crippen molar-refractivity contribution in [1.29, 1.82) is 0 Å². The van der Waals surface area contributed by atoms with E-state index >= 15 is 0 Å². The Labute approximate surface area is 118 Å². The van der Waals surface area contributed by atoms with E-state index in [0.29, 0.717) is 6.54 Å². The maximum absolute atomic E-state index is 10.6. The van der Waals surface area contributed by atoms with Gasteiger partial charge in [-0.2, -0.15) is 0 Å². The predicted octanol–water partition coefficient (Wildman–Crippen LogP) is 2.24. The third kappa shape index (κ3) is 5.15. The largest absolute Gasteiger partial charge is 0.480 e. The molecule has 0 aliphatic heterocycles. The molecule has 0 saturated heterocycles. The summed E-state index contributed by atoms with van der Waals surface area (Å²) in [6, 6.07) is 1.84. The number of aliphatic carboxylic acids is 2. The lowest BCUT2D eigenvalue weighted by Gasteiger charge is -2.16. The Morgan fingerprint density at radius 1 is 1.24 bits per heavy atom. The Morgan fingerprint density at radius 2 is 1.76 bits per heavy atom.